The van der Waals surface area contributed by atoms with E-state index in [9.17, 15) is 16.8 Å². The van der Waals surface area contributed by atoms with Crippen LogP contribution in [0.15, 0.2) is 21.9 Å². The van der Waals surface area contributed by atoms with E-state index in [0.29, 0.717) is 12.1 Å². The molecule has 8 nitrogen and oxygen atoms in total. The second-order valence-electron chi connectivity index (χ2n) is 2.74. The zero-order chi connectivity index (χ0) is 12.7. The second-order valence-corrected chi connectivity index (χ2v) is 5.55. The van der Waals surface area contributed by atoms with Crippen LogP contribution in [0.25, 0.3) is 0 Å². The molecule has 0 aromatic heterocycles. The van der Waals surface area contributed by atoms with Crippen molar-refractivity contribution in [3.8, 4) is 11.5 Å². The van der Waals surface area contributed by atoms with Crippen LogP contribution in [-0.4, -0.2) is 36.2 Å². The van der Waals surface area contributed by atoms with Crippen LogP contribution < -0.4 is 0 Å². The summed E-state index contributed by atoms with van der Waals surface area (Å²) < 4.78 is 59.9. The summed E-state index contributed by atoms with van der Waals surface area (Å²) >= 11 is 0. The average molecular weight is 326 g/mol. The molecule has 1 aromatic carbocycles. The molecule has 0 aliphatic rings. The Morgan fingerprint density at radius 2 is 1.35 bits per heavy atom. The summed E-state index contributed by atoms with van der Waals surface area (Å²) in [7, 11) is -9.70. The van der Waals surface area contributed by atoms with Gasteiger partial charge in [-0.1, -0.05) is 0 Å². The zero-order valence-corrected chi connectivity index (χ0v) is 10.5. The van der Waals surface area contributed by atoms with Gasteiger partial charge in [-0.2, -0.15) is 16.8 Å². The van der Waals surface area contributed by atoms with Gasteiger partial charge in [-0.15, -0.1) is 0 Å². The van der Waals surface area contributed by atoms with Crippen molar-refractivity contribution < 1.29 is 53.2 Å². The molecule has 0 atom stereocenters. The first-order valence-electron chi connectivity index (χ1n) is 3.54. The number of rotatable bonds is 2. The van der Waals surface area contributed by atoms with Crippen molar-refractivity contribution in [1.29, 1.82) is 0 Å². The van der Waals surface area contributed by atoms with Gasteiger partial charge in [0.15, 0.2) is 11.5 Å². The fourth-order valence-corrected chi connectivity index (χ4v) is 2.14. The third kappa shape index (κ3) is 3.56. The maximum Gasteiger partial charge on any atom is 0.298 e. The van der Waals surface area contributed by atoms with Gasteiger partial charge in [0.25, 0.3) is 20.2 Å². The first kappa shape index (κ1) is 16.2. The van der Waals surface area contributed by atoms with Crippen LogP contribution in [0.1, 0.15) is 0 Å². The van der Waals surface area contributed by atoms with Gasteiger partial charge in [0.1, 0.15) is 4.90 Å². The van der Waals surface area contributed by atoms with Gasteiger partial charge in [0.05, 0.1) is 4.90 Å². The summed E-state index contributed by atoms with van der Waals surface area (Å²) in [6.45, 7) is 0. The molecule has 0 amide bonds. The molecule has 0 saturated heterocycles. The Morgan fingerprint density at radius 3 is 1.71 bits per heavy atom. The van der Waals surface area contributed by atoms with Gasteiger partial charge in [0, 0.05) is 23.1 Å². The fourth-order valence-electron chi connectivity index (χ4n) is 0.914. The van der Waals surface area contributed by atoms with Crippen LogP contribution in [0.2, 0.25) is 0 Å². The van der Waals surface area contributed by atoms with Crippen LogP contribution in [0.4, 0.5) is 0 Å². The molecule has 4 N–H and O–H groups in total. The van der Waals surface area contributed by atoms with E-state index in [2.05, 4.69) is 0 Å². The molecule has 0 unspecified atom stereocenters. The number of hydrogen-bond donors (Lipinski definition) is 4. The Bertz CT molecular complexity index is 632. The van der Waals surface area contributed by atoms with Crippen molar-refractivity contribution >= 4 is 20.2 Å². The van der Waals surface area contributed by atoms with Crippen LogP contribution in [0, 0.1) is 0 Å². The van der Waals surface area contributed by atoms with E-state index in [1.165, 1.54) is 0 Å². The normalized spacial score (nSPS) is 11.9. The van der Waals surface area contributed by atoms with Gasteiger partial charge < -0.3 is 10.2 Å². The number of aromatic hydroxyl groups is 2. The van der Waals surface area contributed by atoms with E-state index in [1.807, 2.05) is 0 Å². The van der Waals surface area contributed by atoms with E-state index in [0.717, 1.165) is 0 Å². The number of phenolic OH excluding ortho intramolecular Hbond substituents is 2. The van der Waals surface area contributed by atoms with Crippen molar-refractivity contribution in [1.82, 2.24) is 0 Å². The van der Waals surface area contributed by atoms with Crippen LogP contribution in [-0.2, 0) is 37.3 Å². The molecule has 98 valence electrons. The molecule has 1 aromatic rings. The third-order valence-electron chi connectivity index (χ3n) is 1.60. The first-order chi connectivity index (χ1) is 7.03. The van der Waals surface area contributed by atoms with E-state index in [4.69, 9.17) is 19.3 Å². The second kappa shape index (κ2) is 4.80. The molecule has 11 heteroatoms. The Labute approximate surface area is 107 Å². The van der Waals surface area contributed by atoms with E-state index >= 15 is 0 Å². The van der Waals surface area contributed by atoms with Crippen molar-refractivity contribution in [3.63, 3.8) is 0 Å². The van der Waals surface area contributed by atoms with Gasteiger partial charge in [-0.05, 0) is 6.07 Å². The first-order valence-corrected chi connectivity index (χ1v) is 6.42. The average Bonchev–Trinajstić information content (AvgIpc) is 2.05. The molecule has 0 saturated carbocycles. The summed E-state index contributed by atoms with van der Waals surface area (Å²) in [6.07, 6.45) is 0. The van der Waals surface area contributed by atoms with Gasteiger partial charge in [-0.25, -0.2) is 0 Å². The van der Waals surface area contributed by atoms with E-state index in [1.54, 1.807) is 0 Å². The Balaban J connectivity index is 0.00000256. The quantitative estimate of drug-likeness (QED) is 0.325. The minimum Gasteiger partial charge on any atom is -0.504 e. The predicted molar refractivity (Wildman–Crippen MR) is 49.4 cm³/mol. The molecule has 0 heterocycles. The standard InChI is InChI=1S/C6H6O8S2.Fe/c7-4-1-3(15(9,10)11)2-5(6(4)8)16(12,13)14;/h1-2,7-8H,(H,9,10,11)(H,12,13,14);. The number of benzene rings is 1. The molecule has 0 aliphatic heterocycles. The minimum absolute atomic E-state index is 0. The molecular weight excluding hydrogens is 320 g/mol. The van der Waals surface area contributed by atoms with Gasteiger partial charge in [0.2, 0.25) is 0 Å². The van der Waals surface area contributed by atoms with Crippen molar-refractivity contribution in [2.24, 2.45) is 0 Å². The fraction of sp³-hybridized carbons (Fsp3) is 0. The summed E-state index contributed by atoms with van der Waals surface area (Å²) in [5.74, 6) is -2.32. The summed E-state index contributed by atoms with van der Waals surface area (Å²) in [6, 6.07) is 0.735. The minimum atomic E-state index is -4.92. The topological polar surface area (TPSA) is 149 Å². The molecule has 0 radical (unpaired) electrons. The molecular formula is C6H6FeO8S2. The summed E-state index contributed by atoms with van der Waals surface area (Å²) in [5, 5.41) is 18.1. The van der Waals surface area contributed by atoms with Gasteiger partial charge >= 0.3 is 0 Å². The molecule has 0 fully saturated rings. The Hall–Kier alpha value is -0.841. The maximum absolute atomic E-state index is 10.7. The van der Waals surface area contributed by atoms with E-state index in [-0.39, 0.29) is 17.1 Å². The van der Waals surface area contributed by atoms with Crippen LogP contribution in [0.5, 0.6) is 11.5 Å². The molecule has 0 aliphatic carbocycles. The smallest absolute Gasteiger partial charge is 0.298 e. The van der Waals surface area contributed by atoms with Crippen molar-refractivity contribution in [2.75, 3.05) is 0 Å². The SMILES string of the molecule is O=S(=O)(O)c1cc(O)c(O)c(S(=O)(=O)O)c1.[Fe]. The van der Waals surface area contributed by atoms with Crippen molar-refractivity contribution in [2.45, 2.75) is 9.79 Å². The molecule has 0 spiro atoms. The predicted octanol–water partition coefficient (Wildman–Crippen LogP) is -0.411. The third-order valence-corrected chi connectivity index (χ3v) is 3.30. The van der Waals surface area contributed by atoms with Crippen LogP contribution in [0.3, 0.4) is 0 Å². The number of phenols is 2. The summed E-state index contributed by atoms with van der Waals surface area (Å²) in [5.41, 5.74) is 0. The largest absolute Gasteiger partial charge is 0.504 e. The molecule has 0 bridgehead atoms. The van der Waals surface area contributed by atoms with Crippen molar-refractivity contribution in [3.05, 3.63) is 12.1 Å². The Morgan fingerprint density at radius 1 is 0.882 bits per heavy atom. The maximum atomic E-state index is 10.7. The summed E-state index contributed by atoms with van der Waals surface area (Å²) in [4.78, 5) is -2.20. The Kier molecular flexibility index (Phi) is 4.56. The van der Waals surface area contributed by atoms with Crippen LogP contribution >= 0.6 is 0 Å². The zero-order valence-electron chi connectivity index (χ0n) is 7.75. The molecule has 17 heavy (non-hydrogen) atoms. The van der Waals surface area contributed by atoms with Gasteiger partial charge in [-0.3, -0.25) is 9.11 Å². The monoisotopic (exact) mass is 326 g/mol. The number of hydrogen-bond acceptors (Lipinski definition) is 6. The van der Waals surface area contributed by atoms with E-state index < -0.39 is 41.5 Å². The molecule has 1 rings (SSSR count).